The van der Waals surface area contributed by atoms with Gasteiger partial charge in [-0.2, -0.15) is 5.10 Å². The van der Waals surface area contributed by atoms with Crippen molar-refractivity contribution in [3.63, 3.8) is 0 Å². The molecule has 0 fully saturated rings. The van der Waals surface area contributed by atoms with E-state index in [-0.39, 0.29) is 18.2 Å². The first-order chi connectivity index (χ1) is 16.4. The minimum absolute atomic E-state index is 0.0282. The van der Waals surface area contributed by atoms with E-state index in [2.05, 4.69) is 31.8 Å². The lowest BCUT2D eigenvalue weighted by Gasteiger charge is -2.10. The summed E-state index contributed by atoms with van der Waals surface area (Å²) in [5.41, 5.74) is 4.45. The molecule has 8 nitrogen and oxygen atoms in total. The number of nitrogens with zero attached hydrogens (tertiary/aromatic N) is 1. The van der Waals surface area contributed by atoms with Gasteiger partial charge in [0.25, 0.3) is 11.8 Å². The lowest BCUT2D eigenvalue weighted by atomic mass is 10.1. The molecule has 0 spiro atoms. The zero-order valence-electron chi connectivity index (χ0n) is 18.0. The van der Waals surface area contributed by atoms with E-state index in [0.717, 1.165) is 4.47 Å². The van der Waals surface area contributed by atoms with Gasteiger partial charge >= 0.3 is 0 Å². The summed E-state index contributed by atoms with van der Waals surface area (Å²) in [5.74, 6) is 0.0951. The Bertz CT molecular complexity index is 1310. The highest BCUT2D eigenvalue weighted by molar-refractivity contribution is 9.10. The molecule has 1 aliphatic rings. The highest BCUT2D eigenvalue weighted by Crippen LogP contribution is 2.33. The van der Waals surface area contributed by atoms with Gasteiger partial charge in [-0.05, 0) is 60.5 Å². The molecule has 0 bridgehead atoms. The number of aryl methyl sites for hydroxylation is 1. The van der Waals surface area contributed by atoms with Crippen LogP contribution in [-0.2, 0) is 4.79 Å². The number of aromatic hydroxyl groups is 1. The Hall–Kier alpha value is -4.11. The standard InChI is InChI=1S/C25H20BrN3O5/c1-15-9-19(26)12-18(23(15)30)13-27-29-25(32)20(28-24(31)17-5-3-2-4-6-17)10-16-7-8-21-22(11-16)34-14-33-21/h2-13,30H,14H2,1H3,(H,28,31)(H,29,32)/b20-10+,27-13-. The molecule has 3 aromatic carbocycles. The summed E-state index contributed by atoms with van der Waals surface area (Å²) in [5, 5.41) is 16.8. The number of hydrogen-bond donors (Lipinski definition) is 3. The molecule has 1 heterocycles. The maximum Gasteiger partial charge on any atom is 0.287 e. The second kappa shape index (κ2) is 10.2. The number of fused-ring (bicyclic) bond motifs is 1. The van der Waals surface area contributed by atoms with Crippen LogP contribution in [0.2, 0.25) is 0 Å². The summed E-state index contributed by atoms with van der Waals surface area (Å²) in [7, 11) is 0. The lowest BCUT2D eigenvalue weighted by molar-refractivity contribution is -0.117. The number of nitrogens with one attached hydrogen (secondary N) is 2. The highest BCUT2D eigenvalue weighted by atomic mass is 79.9. The fraction of sp³-hybridized carbons (Fsp3) is 0.0800. The van der Waals surface area contributed by atoms with Crippen LogP contribution in [0.1, 0.15) is 27.0 Å². The number of benzene rings is 3. The Morgan fingerprint density at radius 3 is 2.62 bits per heavy atom. The molecule has 0 atom stereocenters. The Labute approximate surface area is 204 Å². The summed E-state index contributed by atoms with van der Waals surface area (Å²) in [6.45, 7) is 1.87. The van der Waals surface area contributed by atoms with Crippen molar-refractivity contribution >= 4 is 40.0 Å². The Morgan fingerprint density at radius 1 is 1.06 bits per heavy atom. The average Bonchev–Trinajstić information content (AvgIpc) is 3.30. The second-order valence-corrected chi connectivity index (χ2v) is 8.27. The number of ether oxygens (including phenoxy) is 2. The quantitative estimate of drug-likeness (QED) is 0.257. The van der Waals surface area contributed by atoms with Gasteiger partial charge in [-0.1, -0.05) is 40.2 Å². The van der Waals surface area contributed by atoms with Crippen LogP contribution in [0.3, 0.4) is 0 Å². The third-order valence-electron chi connectivity index (χ3n) is 4.90. The maximum absolute atomic E-state index is 12.9. The van der Waals surface area contributed by atoms with E-state index < -0.39 is 11.8 Å². The van der Waals surface area contributed by atoms with Crippen molar-refractivity contribution < 1.29 is 24.2 Å². The zero-order valence-corrected chi connectivity index (χ0v) is 19.6. The largest absolute Gasteiger partial charge is 0.507 e. The number of carbonyl (C=O) groups is 2. The monoisotopic (exact) mass is 521 g/mol. The molecule has 2 amide bonds. The van der Waals surface area contributed by atoms with Gasteiger partial charge in [-0.15, -0.1) is 0 Å². The number of amides is 2. The molecule has 3 aromatic rings. The van der Waals surface area contributed by atoms with Crippen molar-refractivity contribution in [1.29, 1.82) is 0 Å². The molecule has 0 radical (unpaired) electrons. The first-order valence-electron chi connectivity index (χ1n) is 10.2. The van der Waals surface area contributed by atoms with Crippen molar-refractivity contribution in [1.82, 2.24) is 10.7 Å². The Balaban J connectivity index is 1.58. The molecule has 172 valence electrons. The molecular weight excluding hydrogens is 502 g/mol. The van der Waals surface area contributed by atoms with Gasteiger partial charge in [0.1, 0.15) is 11.4 Å². The number of hydrogen-bond acceptors (Lipinski definition) is 6. The summed E-state index contributed by atoms with van der Waals surface area (Å²) in [4.78, 5) is 25.6. The third-order valence-corrected chi connectivity index (χ3v) is 5.36. The van der Waals surface area contributed by atoms with Gasteiger partial charge in [0, 0.05) is 15.6 Å². The van der Waals surface area contributed by atoms with Crippen LogP contribution in [0.4, 0.5) is 0 Å². The van der Waals surface area contributed by atoms with E-state index in [0.29, 0.717) is 33.8 Å². The maximum atomic E-state index is 12.9. The molecule has 0 aliphatic carbocycles. The van der Waals surface area contributed by atoms with Gasteiger partial charge in [0.15, 0.2) is 11.5 Å². The van der Waals surface area contributed by atoms with Crippen molar-refractivity contribution in [2.75, 3.05) is 6.79 Å². The molecule has 0 unspecified atom stereocenters. The van der Waals surface area contributed by atoms with E-state index in [1.54, 1.807) is 67.6 Å². The van der Waals surface area contributed by atoms with Crippen LogP contribution in [-0.4, -0.2) is 29.9 Å². The molecule has 0 saturated heterocycles. The third kappa shape index (κ3) is 5.44. The van der Waals surface area contributed by atoms with Crippen LogP contribution in [0, 0.1) is 6.92 Å². The van der Waals surface area contributed by atoms with Crippen molar-refractivity contribution in [3.8, 4) is 17.2 Å². The number of phenolic OH excluding ortho intramolecular Hbond substituents is 1. The minimum Gasteiger partial charge on any atom is -0.507 e. The van der Waals surface area contributed by atoms with E-state index in [4.69, 9.17) is 9.47 Å². The topological polar surface area (TPSA) is 109 Å². The number of halogens is 1. The first kappa shape index (κ1) is 23.1. The SMILES string of the molecule is Cc1cc(Br)cc(/C=N\NC(=O)/C(=C\c2ccc3c(c2)OCO3)NC(=O)c2ccccc2)c1O. The fourth-order valence-corrected chi connectivity index (χ4v) is 3.78. The van der Waals surface area contributed by atoms with Gasteiger partial charge in [0.05, 0.1) is 6.21 Å². The minimum atomic E-state index is -0.649. The predicted octanol–water partition coefficient (Wildman–Crippen LogP) is 4.11. The van der Waals surface area contributed by atoms with Crippen LogP contribution >= 0.6 is 15.9 Å². The smallest absolute Gasteiger partial charge is 0.287 e. The number of rotatable bonds is 6. The van der Waals surface area contributed by atoms with Crippen LogP contribution < -0.4 is 20.2 Å². The summed E-state index contributed by atoms with van der Waals surface area (Å²) < 4.78 is 11.5. The highest BCUT2D eigenvalue weighted by Gasteiger charge is 2.17. The predicted molar refractivity (Wildman–Crippen MR) is 131 cm³/mol. The number of carbonyl (C=O) groups excluding carboxylic acids is 2. The molecule has 3 N–H and O–H groups in total. The average molecular weight is 522 g/mol. The van der Waals surface area contributed by atoms with Gasteiger partial charge in [0.2, 0.25) is 6.79 Å². The summed E-state index contributed by atoms with van der Waals surface area (Å²) >= 11 is 3.36. The zero-order chi connectivity index (χ0) is 24.1. The Morgan fingerprint density at radius 2 is 1.82 bits per heavy atom. The first-order valence-corrected chi connectivity index (χ1v) is 11.0. The van der Waals surface area contributed by atoms with Gasteiger partial charge in [-0.25, -0.2) is 5.43 Å². The van der Waals surface area contributed by atoms with Crippen LogP contribution in [0.25, 0.3) is 6.08 Å². The molecular formula is C25H20BrN3O5. The molecule has 4 rings (SSSR count). The summed E-state index contributed by atoms with van der Waals surface area (Å²) in [6, 6.07) is 17.1. The molecule has 9 heteroatoms. The van der Waals surface area contributed by atoms with Crippen molar-refractivity contribution in [2.45, 2.75) is 6.92 Å². The van der Waals surface area contributed by atoms with Gasteiger partial charge < -0.3 is 19.9 Å². The lowest BCUT2D eigenvalue weighted by Crippen LogP contribution is -2.32. The molecule has 34 heavy (non-hydrogen) atoms. The van der Waals surface area contributed by atoms with E-state index in [9.17, 15) is 14.7 Å². The van der Waals surface area contributed by atoms with E-state index in [1.165, 1.54) is 12.3 Å². The van der Waals surface area contributed by atoms with Gasteiger partial charge in [-0.3, -0.25) is 9.59 Å². The number of phenols is 1. The molecule has 0 aromatic heterocycles. The molecule has 1 aliphatic heterocycles. The normalized spacial score (nSPS) is 12.6. The number of hydrazone groups is 1. The van der Waals surface area contributed by atoms with E-state index in [1.807, 2.05) is 0 Å². The summed E-state index contributed by atoms with van der Waals surface area (Å²) in [6.07, 6.45) is 2.83. The van der Waals surface area contributed by atoms with E-state index >= 15 is 0 Å². The fourth-order valence-electron chi connectivity index (χ4n) is 3.19. The molecule has 0 saturated carbocycles. The van der Waals surface area contributed by atoms with Crippen molar-refractivity contribution in [2.24, 2.45) is 5.10 Å². The van der Waals surface area contributed by atoms with Crippen molar-refractivity contribution in [3.05, 3.63) is 93.1 Å². The second-order valence-electron chi connectivity index (χ2n) is 7.35. The van der Waals surface area contributed by atoms with Crippen LogP contribution in [0.5, 0.6) is 17.2 Å². The Kier molecular flexibility index (Phi) is 6.93. The van der Waals surface area contributed by atoms with Crippen LogP contribution in [0.15, 0.2) is 75.9 Å².